The molecule has 1 spiro atoms. The van der Waals surface area contributed by atoms with Crippen molar-refractivity contribution in [2.45, 2.75) is 44.4 Å². The average molecular weight is 383 g/mol. The zero-order chi connectivity index (χ0) is 20.3. The van der Waals surface area contributed by atoms with Crippen LogP contribution in [0.3, 0.4) is 0 Å². The Balaban J connectivity index is 0.00000109. The number of hydrogen-bond donors (Lipinski definition) is 1. The van der Waals surface area contributed by atoms with Crippen LogP contribution in [0.2, 0.25) is 0 Å². The summed E-state index contributed by atoms with van der Waals surface area (Å²) in [5.41, 5.74) is 5.03. The molecule has 4 rings (SSSR count). The van der Waals surface area contributed by atoms with Crippen LogP contribution < -0.4 is 0 Å². The van der Waals surface area contributed by atoms with Gasteiger partial charge in [0, 0.05) is 0 Å². The van der Waals surface area contributed by atoms with E-state index in [1.54, 1.807) is 0 Å². The Bertz CT molecular complexity index is 765. The summed E-state index contributed by atoms with van der Waals surface area (Å²) >= 11 is 0. The molecule has 2 bridgehead atoms. The lowest BCUT2D eigenvalue weighted by atomic mass is 9.64. The molecule has 1 aromatic carbocycles. The number of esters is 1. The lowest BCUT2D eigenvalue weighted by Gasteiger charge is -2.39. The number of carbonyl (C=O) groups is 1. The molecule has 0 heterocycles. The van der Waals surface area contributed by atoms with E-state index in [4.69, 9.17) is 14.6 Å². The molecule has 4 heteroatoms. The van der Waals surface area contributed by atoms with Gasteiger partial charge in [0.1, 0.15) is 6.61 Å². The molecule has 4 nitrogen and oxygen atoms in total. The highest BCUT2D eigenvalue weighted by Gasteiger charge is 2.62. The first-order valence-electron chi connectivity index (χ1n) is 10.0. The summed E-state index contributed by atoms with van der Waals surface area (Å²) in [5, 5.41) is 8.77. The maximum absolute atomic E-state index is 13.2. The minimum absolute atomic E-state index is 0.0164. The Morgan fingerprint density at radius 1 is 1.29 bits per heavy atom. The second-order valence-corrected chi connectivity index (χ2v) is 8.11. The van der Waals surface area contributed by atoms with Gasteiger partial charge < -0.3 is 14.6 Å². The molecule has 150 valence electrons. The minimum Gasteiger partial charge on any atom is -0.463 e. The van der Waals surface area contributed by atoms with Crippen molar-refractivity contribution in [1.29, 1.82) is 0 Å². The average Bonchev–Trinajstić information content (AvgIpc) is 3.13. The predicted octanol–water partition coefficient (Wildman–Crippen LogP) is 3.72. The number of fused-ring (bicyclic) bond motifs is 3. The smallest absolute Gasteiger partial charge is 0.314 e. The molecular formula is C24H30O4. The van der Waals surface area contributed by atoms with E-state index in [1.807, 2.05) is 0 Å². The molecule has 28 heavy (non-hydrogen) atoms. The number of aliphatic hydroxyl groups is 1. The molecule has 2 fully saturated rings. The van der Waals surface area contributed by atoms with E-state index < -0.39 is 0 Å². The quantitative estimate of drug-likeness (QED) is 0.353. The molecule has 2 saturated carbocycles. The highest BCUT2D eigenvalue weighted by Crippen LogP contribution is 2.70. The van der Waals surface area contributed by atoms with E-state index >= 15 is 0 Å². The molecular weight excluding hydrogens is 352 g/mol. The van der Waals surface area contributed by atoms with Crippen LogP contribution in [0.4, 0.5) is 0 Å². The number of rotatable bonds is 6. The van der Waals surface area contributed by atoms with E-state index in [1.165, 1.54) is 28.7 Å². The summed E-state index contributed by atoms with van der Waals surface area (Å²) < 4.78 is 10.9. The number of ether oxygens (including phenoxy) is 2. The third-order valence-corrected chi connectivity index (χ3v) is 6.80. The van der Waals surface area contributed by atoms with Gasteiger partial charge in [-0.1, -0.05) is 30.4 Å². The van der Waals surface area contributed by atoms with Crippen LogP contribution in [0.15, 0.2) is 30.4 Å². The summed E-state index contributed by atoms with van der Waals surface area (Å²) in [6, 6.07) is 6.45. The fraction of sp³-hybridized carbons (Fsp3) is 0.542. The SMILES string of the molecule is C#C.C=C1C[C@]23C[C@H]1CCC2c1cccc(C)c1[C@@H]3C(=O)OCCOCCO. The van der Waals surface area contributed by atoms with Crippen LogP contribution in [0, 0.1) is 31.1 Å². The molecule has 3 aliphatic carbocycles. The highest BCUT2D eigenvalue weighted by atomic mass is 16.6. The normalized spacial score (nSPS) is 29.4. The van der Waals surface area contributed by atoms with Crippen molar-refractivity contribution in [2.24, 2.45) is 11.3 Å². The number of aliphatic hydroxyl groups excluding tert-OH is 1. The molecule has 1 aromatic rings. The van der Waals surface area contributed by atoms with E-state index in [0.29, 0.717) is 18.4 Å². The van der Waals surface area contributed by atoms with Crippen molar-refractivity contribution >= 4 is 5.97 Å². The fourth-order valence-electron chi connectivity index (χ4n) is 5.85. The molecule has 3 aliphatic rings. The molecule has 4 atom stereocenters. The summed E-state index contributed by atoms with van der Waals surface area (Å²) in [6.07, 6.45) is 12.3. The standard InChI is InChI=1S/C22H28O4.C2H2/c1-14-4-3-5-17-18-7-6-16-13-22(18,12-15(16)2)20(19(14)17)21(24)26-11-10-25-9-8-23;1-2/h3-5,16,18,20,23H,2,6-13H2,1H3;1-2H/t16-,18?,20-,22+;/m1./s1. The summed E-state index contributed by atoms with van der Waals surface area (Å²) in [5.74, 6) is 0.690. The first-order valence-corrected chi connectivity index (χ1v) is 10.0. The molecule has 0 aromatic heterocycles. The number of benzene rings is 1. The van der Waals surface area contributed by atoms with Gasteiger partial charge in [0.2, 0.25) is 0 Å². The molecule has 1 unspecified atom stereocenters. The number of allylic oxidation sites excluding steroid dienone is 1. The van der Waals surface area contributed by atoms with Crippen LogP contribution >= 0.6 is 0 Å². The maximum atomic E-state index is 13.2. The van der Waals surface area contributed by atoms with Crippen molar-refractivity contribution < 1.29 is 19.4 Å². The van der Waals surface area contributed by atoms with E-state index in [-0.39, 0.29) is 37.1 Å². The van der Waals surface area contributed by atoms with Crippen LogP contribution in [-0.4, -0.2) is 37.5 Å². The van der Waals surface area contributed by atoms with Gasteiger partial charge in [-0.05, 0) is 66.5 Å². The van der Waals surface area contributed by atoms with Crippen molar-refractivity contribution in [3.8, 4) is 12.8 Å². The summed E-state index contributed by atoms with van der Waals surface area (Å²) in [7, 11) is 0. The van der Waals surface area contributed by atoms with Crippen LogP contribution in [0.5, 0.6) is 0 Å². The van der Waals surface area contributed by atoms with Crippen molar-refractivity contribution in [2.75, 3.05) is 26.4 Å². The van der Waals surface area contributed by atoms with Crippen LogP contribution in [0.25, 0.3) is 0 Å². The zero-order valence-corrected chi connectivity index (χ0v) is 16.7. The largest absolute Gasteiger partial charge is 0.463 e. The van der Waals surface area contributed by atoms with E-state index in [2.05, 4.69) is 44.5 Å². The van der Waals surface area contributed by atoms with Gasteiger partial charge in [-0.3, -0.25) is 4.79 Å². The van der Waals surface area contributed by atoms with Crippen molar-refractivity contribution in [3.05, 3.63) is 47.0 Å². The first-order chi connectivity index (χ1) is 13.6. The Morgan fingerprint density at radius 3 is 2.82 bits per heavy atom. The molecule has 0 radical (unpaired) electrons. The second-order valence-electron chi connectivity index (χ2n) is 8.11. The van der Waals surface area contributed by atoms with Gasteiger partial charge in [0.05, 0.1) is 25.7 Å². The van der Waals surface area contributed by atoms with Gasteiger partial charge in [0.25, 0.3) is 0 Å². The molecule has 0 amide bonds. The zero-order valence-electron chi connectivity index (χ0n) is 16.7. The van der Waals surface area contributed by atoms with Gasteiger partial charge in [0.15, 0.2) is 0 Å². The molecule has 0 aliphatic heterocycles. The Hall–Kier alpha value is -2.09. The summed E-state index contributed by atoms with van der Waals surface area (Å²) in [4.78, 5) is 13.2. The van der Waals surface area contributed by atoms with Crippen molar-refractivity contribution in [3.63, 3.8) is 0 Å². The Kier molecular flexibility index (Phi) is 6.27. The Morgan fingerprint density at radius 2 is 2.07 bits per heavy atom. The third kappa shape index (κ3) is 3.27. The first kappa shape index (κ1) is 20.6. The van der Waals surface area contributed by atoms with Gasteiger partial charge >= 0.3 is 5.97 Å². The summed E-state index contributed by atoms with van der Waals surface area (Å²) in [6.45, 7) is 7.26. The number of carbonyl (C=O) groups excluding carboxylic acids is 1. The lowest BCUT2D eigenvalue weighted by molar-refractivity contribution is -0.151. The maximum Gasteiger partial charge on any atom is 0.314 e. The second kappa shape index (κ2) is 8.51. The topological polar surface area (TPSA) is 55.8 Å². The number of hydrogen-bond acceptors (Lipinski definition) is 4. The molecule has 1 N–H and O–H groups in total. The van der Waals surface area contributed by atoms with Crippen LogP contribution in [-0.2, 0) is 14.3 Å². The molecule has 0 saturated heterocycles. The van der Waals surface area contributed by atoms with Gasteiger partial charge in [-0.2, -0.15) is 0 Å². The fourth-order valence-corrected chi connectivity index (χ4v) is 5.85. The predicted molar refractivity (Wildman–Crippen MR) is 109 cm³/mol. The Labute approximate surface area is 167 Å². The number of aryl methyl sites for hydroxylation is 1. The lowest BCUT2D eigenvalue weighted by Crippen LogP contribution is -2.35. The van der Waals surface area contributed by atoms with Gasteiger partial charge in [-0.15, -0.1) is 12.8 Å². The minimum atomic E-state index is -0.191. The van der Waals surface area contributed by atoms with E-state index in [9.17, 15) is 4.79 Å². The monoisotopic (exact) mass is 382 g/mol. The highest BCUT2D eigenvalue weighted by molar-refractivity contribution is 5.83. The van der Waals surface area contributed by atoms with E-state index in [0.717, 1.165) is 19.3 Å². The third-order valence-electron chi connectivity index (χ3n) is 6.80. The van der Waals surface area contributed by atoms with Crippen molar-refractivity contribution in [1.82, 2.24) is 0 Å². The number of terminal acetylenes is 1. The van der Waals surface area contributed by atoms with Crippen LogP contribution in [0.1, 0.15) is 54.2 Å². The van der Waals surface area contributed by atoms with Gasteiger partial charge in [-0.25, -0.2) is 0 Å².